The van der Waals surface area contributed by atoms with Crippen LogP contribution in [0.5, 0.6) is 0 Å². The van der Waals surface area contributed by atoms with Gasteiger partial charge in [-0.3, -0.25) is 0 Å². The summed E-state index contributed by atoms with van der Waals surface area (Å²) in [6, 6.07) is 3.46. The SMILES string of the molecule is NCC1(C(O)c2ccc(F)c(F)c2)CCOCC1. The molecule has 0 bridgehead atoms. The molecule has 0 radical (unpaired) electrons. The van der Waals surface area contributed by atoms with Crippen molar-refractivity contribution in [1.82, 2.24) is 0 Å². The van der Waals surface area contributed by atoms with Crippen molar-refractivity contribution < 1.29 is 18.6 Å². The van der Waals surface area contributed by atoms with Crippen LogP contribution in [0.25, 0.3) is 0 Å². The molecule has 3 nitrogen and oxygen atoms in total. The molecule has 1 heterocycles. The van der Waals surface area contributed by atoms with Gasteiger partial charge in [0, 0.05) is 25.2 Å². The highest BCUT2D eigenvalue weighted by molar-refractivity contribution is 5.22. The quantitative estimate of drug-likeness (QED) is 0.867. The summed E-state index contributed by atoms with van der Waals surface area (Å²) >= 11 is 0. The van der Waals surface area contributed by atoms with Crippen molar-refractivity contribution in [3.05, 3.63) is 35.4 Å². The lowest BCUT2D eigenvalue weighted by atomic mass is 9.73. The summed E-state index contributed by atoms with van der Waals surface area (Å²) in [5.74, 6) is -1.87. The molecular weight excluding hydrogens is 240 g/mol. The summed E-state index contributed by atoms with van der Waals surface area (Å²) in [6.07, 6.45) is 0.328. The standard InChI is InChI=1S/C13H17F2NO2/c14-10-2-1-9(7-11(10)15)12(17)13(8-16)3-5-18-6-4-13/h1-2,7,12,17H,3-6,8,16H2. The van der Waals surface area contributed by atoms with E-state index in [1.807, 2.05) is 0 Å². The normalized spacial score (nSPS) is 20.7. The number of aliphatic hydroxyl groups is 1. The van der Waals surface area contributed by atoms with Gasteiger partial charge in [0.25, 0.3) is 0 Å². The number of ether oxygens (including phenoxy) is 1. The van der Waals surface area contributed by atoms with E-state index < -0.39 is 23.2 Å². The number of hydrogen-bond acceptors (Lipinski definition) is 3. The Morgan fingerprint density at radius 1 is 1.28 bits per heavy atom. The zero-order chi connectivity index (χ0) is 13.2. The molecule has 0 saturated carbocycles. The molecule has 0 amide bonds. The lowest BCUT2D eigenvalue weighted by Crippen LogP contribution is -2.41. The maximum absolute atomic E-state index is 13.2. The zero-order valence-corrected chi connectivity index (χ0v) is 10.0. The minimum atomic E-state index is -0.953. The molecule has 1 fully saturated rings. The molecule has 18 heavy (non-hydrogen) atoms. The van der Waals surface area contributed by atoms with Gasteiger partial charge in [0.05, 0.1) is 6.10 Å². The molecular formula is C13H17F2NO2. The van der Waals surface area contributed by atoms with Gasteiger partial charge >= 0.3 is 0 Å². The highest BCUT2D eigenvalue weighted by atomic mass is 19.2. The largest absolute Gasteiger partial charge is 0.388 e. The van der Waals surface area contributed by atoms with Crippen LogP contribution >= 0.6 is 0 Å². The minimum absolute atomic E-state index is 0.288. The van der Waals surface area contributed by atoms with Crippen molar-refractivity contribution in [3.8, 4) is 0 Å². The Morgan fingerprint density at radius 2 is 1.94 bits per heavy atom. The molecule has 0 aliphatic carbocycles. The van der Waals surface area contributed by atoms with Gasteiger partial charge < -0.3 is 15.6 Å². The average molecular weight is 257 g/mol. The topological polar surface area (TPSA) is 55.5 Å². The van der Waals surface area contributed by atoms with Gasteiger partial charge in [-0.15, -0.1) is 0 Å². The first-order chi connectivity index (χ1) is 8.59. The Kier molecular flexibility index (Phi) is 3.94. The molecule has 1 aromatic carbocycles. The Morgan fingerprint density at radius 3 is 2.50 bits per heavy atom. The summed E-state index contributed by atoms with van der Waals surface area (Å²) in [5.41, 5.74) is 5.61. The summed E-state index contributed by atoms with van der Waals surface area (Å²) in [6.45, 7) is 1.34. The van der Waals surface area contributed by atoms with E-state index in [1.54, 1.807) is 0 Å². The smallest absolute Gasteiger partial charge is 0.159 e. The molecule has 1 aliphatic heterocycles. The zero-order valence-electron chi connectivity index (χ0n) is 10.0. The second-order valence-corrected chi connectivity index (χ2v) is 4.75. The van der Waals surface area contributed by atoms with Crippen molar-refractivity contribution in [1.29, 1.82) is 0 Å². The lowest BCUT2D eigenvalue weighted by Gasteiger charge is -2.40. The summed E-state index contributed by atoms with van der Waals surface area (Å²) < 4.78 is 31.3. The fourth-order valence-corrected chi connectivity index (χ4v) is 2.40. The van der Waals surface area contributed by atoms with Crippen LogP contribution in [-0.4, -0.2) is 24.9 Å². The van der Waals surface area contributed by atoms with Crippen LogP contribution < -0.4 is 5.73 Å². The van der Waals surface area contributed by atoms with Crippen LogP contribution in [-0.2, 0) is 4.74 Å². The van der Waals surface area contributed by atoms with Crippen LogP contribution in [0.15, 0.2) is 18.2 Å². The number of nitrogens with two attached hydrogens (primary N) is 1. The third kappa shape index (κ3) is 2.39. The van der Waals surface area contributed by atoms with Crippen LogP contribution in [0.1, 0.15) is 24.5 Å². The molecule has 1 unspecified atom stereocenters. The van der Waals surface area contributed by atoms with Crippen LogP contribution in [0.4, 0.5) is 8.78 Å². The first-order valence-corrected chi connectivity index (χ1v) is 6.00. The van der Waals surface area contributed by atoms with Crippen molar-refractivity contribution in [2.45, 2.75) is 18.9 Å². The molecule has 100 valence electrons. The average Bonchev–Trinajstić information content (AvgIpc) is 2.42. The molecule has 0 aromatic heterocycles. The second-order valence-electron chi connectivity index (χ2n) is 4.75. The van der Waals surface area contributed by atoms with E-state index in [-0.39, 0.29) is 6.54 Å². The van der Waals surface area contributed by atoms with Crippen LogP contribution in [0, 0.1) is 17.0 Å². The van der Waals surface area contributed by atoms with Gasteiger partial charge in [0.15, 0.2) is 11.6 Å². The van der Waals surface area contributed by atoms with Crippen LogP contribution in [0.2, 0.25) is 0 Å². The predicted octanol–water partition coefficient (Wildman–Crippen LogP) is 1.75. The molecule has 2 rings (SSSR count). The number of benzene rings is 1. The van der Waals surface area contributed by atoms with Gasteiger partial charge in [0.2, 0.25) is 0 Å². The minimum Gasteiger partial charge on any atom is -0.388 e. The number of rotatable bonds is 3. The van der Waals surface area contributed by atoms with E-state index in [2.05, 4.69) is 0 Å². The Bertz CT molecular complexity index is 419. The fourth-order valence-electron chi connectivity index (χ4n) is 2.40. The molecule has 0 spiro atoms. The number of halogens is 2. The monoisotopic (exact) mass is 257 g/mol. The van der Waals surface area contributed by atoms with E-state index in [0.717, 1.165) is 12.1 Å². The van der Waals surface area contributed by atoms with Gasteiger partial charge in [-0.1, -0.05) is 6.07 Å². The maximum atomic E-state index is 13.2. The maximum Gasteiger partial charge on any atom is 0.159 e. The van der Waals surface area contributed by atoms with Gasteiger partial charge in [-0.05, 0) is 30.5 Å². The number of aliphatic hydroxyl groups excluding tert-OH is 1. The van der Waals surface area contributed by atoms with E-state index in [1.165, 1.54) is 6.07 Å². The summed E-state index contributed by atoms with van der Waals surface area (Å²) in [5, 5.41) is 10.4. The Balaban J connectivity index is 2.27. The lowest BCUT2D eigenvalue weighted by molar-refractivity contribution is -0.0582. The number of hydrogen-bond donors (Lipinski definition) is 2. The third-order valence-corrected chi connectivity index (χ3v) is 3.73. The first kappa shape index (κ1) is 13.4. The van der Waals surface area contributed by atoms with Gasteiger partial charge in [-0.25, -0.2) is 8.78 Å². The molecule has 3 N–H and O–H groups in total. The van der Waals surface area contributed by atoms with Crippen molar-refractivity contribution >= 4 is 0 Å². The summed E-state index contributed by atoms with van der Waals surface area (Å²) in [7, 11) is 0. The van der Waals surface area contributed by atoms with Crippen molar-refractivity contribution in [2.24, 2.45) is 11.1 Å². The van der Waals surface area contributed by atoms with E-state index in [0.29, 0.717) is 31.6 Å². The molecule has 5 heteroatoms. The van der Waals surface area contributed by atoms with E-state index in [4.69, 9.17) is 10.5 Å². The highest BCUT2D eigenvalue weighted by Gasteiger charge is 2.39. The molecule has 1 saturated heterocycles. The van der Waals surface area contributed by atoms with E-state index >= 15 is 0 Å². The highest BCUT2D eigenvalue weighted by Crippen LogP contribution is 2.41. The fraction of sp³-hybridized carbons (Fsp3) is 0.538. The Hall–Kier alpha value is -1.04. The van der Waals surface area contributed by atoms with Gasteiger partial charge in [-0.2, -0.15) is 0 Å². The van der Waals surface area contributed by atoms with Crippen molar-refractivity contribution in [2.75, 3.05) is 19.8 Å². The van der Waals surface area contributed by atoms with Gasteiger partial charge in [0.1, 0.15) is 0 Å². The second kappa shape index (κ2) is 5.30. The summed E-state index contributed by atoms with van der Waals surface area (Å²) in [4.78, 5) is 0. The molecule has 1 aliphatic rings. The Labute approximate surface area is 105 Å². The predicted molar refractivity (Wildman–Crippen MR) is 62.9 cm³/mol. The molecule has 1 aromatic rings. The third-order valence-electron chi connectivity index (χ3n) is 3.73. The first-order valence-electron chi connectivity index (χ1n) is 6.00. The van der Waals surface area contributed by atoms with E-state index in [9.17, 15) is 13.9 Å². The van der Waals surface area contributed by atoms with Crippen LogP contribution in [0.3, 0.4) is 0 Å². The molecule has 1 atom stereocenters. The van der Waals surface area contributed by atoms with Crippen molar-refractivity contribution in [3.63, 3.8) is 0 Å².